The number of benzene rings is 1. The molecule has 2 nitrogen and oxygen atoms in total. The van der Waals surface area contributed by atoms with Crippen molar-refractivity contribution in [1.29, 1.82) is 0 Å². The molecule has 2 aromatic rings. The van der Waals surface area contributed by atoms with Crippen LogP contribution in [0.4, 0.5) is 13.9 Å². The summed E-state index contributed by atoms with van der Waals surface area (Å²) >= 11 is 1.42. The summed E-state index contributed by atoms with van der Waals surface area (Å²) in [5, 5.41) is 5.54. The van der Waals surface area contributed by atoms with E-state index in [-0.39, 0.29) is 6.04 Å². The highest BCUT2D eigenvalue weighted by Gasteiger charge is 2.14. The van der Waals surface area contributed by atoms with Gasteiger partial charge in [-0.05, 0) is 31.5 Å². The number of aryl methyl sites for hydroxylation is 1. The first kappa shape index (κ1) is 12.0. The Morgan fingerprint density at radius 3 is 2.71 bits per heavy atom. The number of aromatic nitrogens is 1. The van der Waals surface area contributed by atoms with Crippen molar-refractivity contribution in [2.75, 3.05) is 5.32 Å². The second-order valence-electron chi connectivity index (χ2n) is 3.83. The quantitative estimate of drug-likeness (QED) is 0.898. The highest BCUT2D eigenvalue weighted by Crippen LogP contribution is 2.24. The van der Waals surface area contributed by atoms with Crippen LogP contribution in [0, 0.1) is 18.6 Å². The van der Waals surface area contributed by atoms with Crippen LogP contribution in [0.3, 0.4) is 0 Å². The van der Waals surface area contributed by atoms with Gasteiger partial charge in [-0.15, -0.1) is 11.3 Å². The number of rotatable bonds is 3. The third-order valence-corrected chi connectivity index (χ3v) is 3.22. The minimum absolute atomic E-state index is 0.309. The van der Waals surface area contributed by atoms with Crippen LogP contribution in [0.25, 0.3) is 0 Å². The van der Waals surface area contributed by atoms with Crippen LogP contribution in [0.2, 0.25) is 0 Å². The highest BCUT2D eigenvalue weighted by atomic mass is 32.1. The second kappa shape index (κ2) is 4.79. The lowest BCUT2D eigenvalue weighted by atomic mass is 10.1. The Balaban J connectivity index is 2.24. The van der Waals surface area contributed by atoms with Crippen LogP contribution in [-0.4, -0.2) is 4.98 Å². The fourth-order valence-electron chi connectivity index (χ4n) is 1.55. The molecule has 17 heavy (non-hydrogen) atoms. The first-order valence-electron chi connectivity index (χ1n) is 5.19. The van der Waals surface area contributed by atoms with Crippen LogP contribution in [0.1, 0.15) is 24.1 Å². The van der Waals surface area contributed by atoms with Gasteiger partial charge in [0.15, 0.2) is 5.13 Å². The van der Waals surface area contributed by atoms with Crippen LogP contribution in [-0.2, 0) is 0 Å². The monoisotopic (exact) mass is 254 g/mol. The molecule has 0 amide bonds. The Morgan fingerprint density at radius 1 is 1.29 bits per heavy atom. The zero-order valence-electron chi connectivity index (χ0n) is 9.50. The summed E-state index contributed by atoms with van der Waals surface area (Å²) in [6.45, 7) is 3.32. The van der Waals surface area contributed by atoms with Crippen LogP contribution >= 0.6 is 11.3 Å². The summed E-state index contributed by atoms with van der Waals surface area (Å²) < 4.78 is 27.1. The number of nitrogens with zero attached hydrogens (tertiary/aromatic N) is 1. The zero-order chi connectivity index (χ0) is 12.4. The standard InChI is InChI=1S/C12H12F2N2S/c1-7-5-11(14)9(6-10(7)13)8(2)16-12-15-3-4-17-12/h3-6,8H,1-2H3,(H,15,16). The molecule has 1 unspecified atom stereocenters. The van der Waals surface area contributed by atoms with Gasteiger partial charge < -0.3 is 5.32 Å². The van der Waals surface area contributed by atoms with Gasteiger partial charge in [-0.2, -0.15) is 0 Å². The summed E-state index contributed by atoms with van der Waals surface area (Å²) in [5.74, 6) is -0.797. The smallest absolute Gasteiger partial charge is 0.183 e. The molecule has 0 aliphatic rings. The first-order valence-corrected chi connectivity index (χ1v) is 6.07. The van der Waals surface area contributed by atoms with E-state index in [0.717, 1.165) is 0 Å². The molecule has 1 atom stereocenters. The molecule has 0 spiro atoms. The summed E-state index contributed by atoms with van der Waals surface area (Å²) in [4.78, 5) is 4.04. The van der Waals surface area contributed by atoms with Crippen molar-refractivity contribution in [1.82, 2.24) is 4.98 Å². The molecule has 1 aromatic carbocycles. The van der Waals surface area contributed by atoms with E-state index < -0.39 is 11.6 Å². The van der Waals surface area contributed by atoms with Crippen molar-refractivity contribution in [3.63, 3.8) is 0 Å². The molecule has 0 fully saturated rings. The van der Waals surface area contributed by atoms with Crippen molar-refractivity contribution in [3.05, 3.63) is 46.5 Å². The van der Waals surface area contributed by atoms with Crippen molar-refractivity contribution in [3.8, 4) is 0 Å². The van der Waals surface area contributed by atoms with Crippen molar-refractivity contribution in [2.24, 2.45) is 0 Å². The van der Waals surface area contributed by atoms with E-state index in [4.69, 9.17) is 0 Å². The number of thiazole rings is 1. The molecule has 5 heteroatoms. The van der Waals surface area contributed by atoms with Crippen LogP contribution in [0.15, 0.2) is 23.7 Å². The van der Waals surface area contributed by atoms with Crippen LogP contribution in [0.5, 0.6) is 0 Å². The Bertz CT molecular complexity index is 511. The molecular weight excluding hydrogens is 242 g/mol. The van der Waals surface area contributed by atoms with Gasteiger partial charge in [-0.3, -0.25) is 0 Å². The maximum atomic E-state index is 13.7. The lowest BCUT2D eigenvalue weighted by Gasteiger charge is -2.15. The summed E-state index contributed by atoms with van der Waals surface area (Å²) in [7, 11) is 0. The zero-order valence-corrected chi connectivity index (χ0v) is 10.3. The molecule has 1 N–H and O–H groups in total. The van der Waals surface area contributed by atoms with E-state index in [1.54, 1.807) is 20.0 Å². The molecule has 2 rings (SSSR count). The van der Waals surface area contributed by atoms with E-state index in [2.05, 4.69) is 10.3 Å². The number of hydrogen-bond acceptors (Lipinski definition) is 3. The van der Waals surface area contributed by atoms with Gasteiger partial charge in [-0.1, -0.05) is 0 Å². The van der Waals surface area contributed by atoms with E-state index in [1.807, 2.05) is 5.38 Å². The van der Waals surface area contributed by atoms with Gasteiger partial charge in [0.25, 0.3) is 0 Å². The average Bonchev–Trinajstić information content (AvgIpc) is 2.76. The third-order valence-electron chi connectivity index (χ3n) is 2.52. The summed E-state index contributed by atoms with van der Waals surface area (Å²) in [5.41, 5.74) is 0.621. The molecule has 0 saturated carbocycles. The maximum Gasteiger partial charge on any atom is 0.183 e. The van der Waals surface area contributed by atoms with Gasteiger partial charge >= 0.3 is 0 Å². The van der Waals surface area contributed by atoms with Crippen molar-refractivity contribution < 1.29 is 8.78 Å². The minimum atomic E-state index is -0.402. The Kier molecular flexibility index (Phi) is 3.38. The number of hydrogen-bond donors (Lipinski definition) is 1. The molecular formula is C12H12F2N2S. The van der Waals surface area contributed by atoms with Gasteiger partial charge in [-0.25, -0.2) is 13.8 Å². The molecule has 0 aliphatic heterocycles. The van der Waals surface area contributed by atoms with Crippen molar-refractivity contribution in [2.45, 2.75) is 19.9 Å². The fourth-order valence-corrected chi connectivity index (χ4v) is 2.17. The minimum Gasteiger partial charge on any atom is -0.355 e. The van der Waals surface area contributed by atoms with E-state index in [9.17, 15) is 8.78 Å². The Morgan fingerprint density at radius 2 is 2.06 bits per heavy atom. The number of anilines is 1. The van der Waals surface area contributed by atoms with Gasteiger partial charge in [0.1, 0.15) is 11.6 Å². The molecule has 0 bridgehead atoms. The SMILES string of the molecule is Cc1cc(F)c(C(C)Nc2nccs2)cc1F. The summed E-state index contributed by atoms with van der Waals surface area (Å²) in [6.07, 6.45) is 1.66. The average molecular weight is 254 g/mol. The third kappa shape index (κ3) is 2.61. The second-order valence-corrected chi connectivity index (χ2v) is 4.72. The van der Waals surface area contributed by atoms with Crippen molar-refractivity contribution >= 4 is 16.5 Å². The number of nitrogens with one attached hydrogen (secondary N) is 1. The molecule has 1 aromatic heterocycles. The maximum absolute atomic E-state index is 13.7. The normalized spacial score (nSPS) is 12.5. The van der Waals surface area contributed by atoms with E-state index >= 15 is 0 Å². The predicted octanol–water partition coefficient (Wildman–Crippen LogP) is 3.90. The van der Waals surface area contributed by atoms with E-state index in [0.29, 0.717) is 16.3 Å². The lowest BCUT2D eigenvalue weighted by Crippen LogP contribution is -2.09. The van der Waals surface area contributed by atoms with Crippen LogP contribution < -0.4 is 5.32 Å². The largest absolute Gasteiger partial charge is 0.355 e. The summed E-state index contributed by atoms with van der Waals surface area (Å²) in [6, 6.07) is 2.12. The molecule has 0 aliphatic carbocycles. The lowest BCUT2D eigenvalue weighted by molar-refractivity contribution is 0.571. The molecule has 0 saturated heterocycles. The Labute approximate surface area is 102 Å². The van der Waals surface area contributed by atoms with Gasteiger partial charge in [0.2, 0.25) is 0 Å². The fraction of sp³-hybridized carbons (Fsp3) is 0.250. The molecule has 0 radical (unpaired) electrons. The highest BCUT2D eigenvalue weighted by molar-refractivity contribution is 7.13. The van der Waals surface area contributed by atoms with Gasteiger partial charge in [0, 0.05) is 17.1 Å². The predicted molar refractivity (Wildman–Crippen MR) is 65.2 cm³/mol. The molecule has 1 heterocycles. The van der Waals surface area contributed by atoms with E-state index in [1.165, 1.54) is 23.5 Å². The topological polar surface area (TPSA) is 24.9 Å². The van der Waals surface area contributed by atoms with Gasteiger partial charge in [0.05, 0.1) is 6.04 Å². The Hall–Kier alpha value is -1.49. The first-order chi connectivity index (χ1) is 8.08. The number of halogens is 2. The molecule has 90 valence electrons.